The summed E-state index contributed by atoms with van der Waals surface area (Å²) >= 11 is 0. The summed E-state index contributed by atoms with van der Waals surface area (Å²) in [4.78, 5) is 14.6. The molecule has 16 heavy (non-hydrogen) atoms. The van der Waals surface area contributed by atoms with Gasteiger partial charge in [0.2, 0.25) is 0 Å². The zero-order valence-corrected chi connectivity index (χ0v) is 9.00. The second-order valence-corrected chi connectivity index (χ2v) is 3.43. The van der Waals surface area contributed by atoms with Crippen LogP contribution in [0.4, 0.5) is 0 Å². The van der Waals surface area contributed by atoms with Crippen molar-refractivity contribution in [1.29, 1.82) is 0 Å². The quantitative estimate of drug-likeness (QED) is 0.695. The van der Waals surface area contributed by atoms with Gasteiger partial charge < -0.3 is 10.3 Å². The molecule has 0 aliphatic rings. The van der Waals surface area contributed by atoms with E-state index >= 15 is 0 Å². The van der Waals surface area contributed by atoms with Gasteiger partial charge in [-0.05, 0) is 25.2 Å². The lowest BCUT2D eigenvalue weighted by atomic mass is 10.1. The minimum Gasteiger partial charge on any atom is -0.361 e. The molecule has 2 N–H and O–H groups in total. The van der Waals surface area contributed by atoms with Crippen molar-refractivity contribution in [1.82, 2.24) is 10.3 Å². The van der Waals surface area contributed by atoms with Crippen molar-refractivity contribution < 1.29 is 0 Å². The van der Waals surface area contributed by atoms with Crippen molar-refractivity contribution >= 4 is 10.9 Å². The van der Waals surface area contributed by atoms with Crippen LogP contribution < -0.4 is 10.7 Å². The molecule has 3 nitrogen and oxygen atoms in total. The van der Waals surface area contributed by atoms with E-state index in [0.717, 1.165) is 11.1 Å². The number of aromatic amines is 1. The first-order valence-corrected chi connectivity index (χ1v) is 5.06. The normalized spacial score (nSPS) is 9.81. The number of H-pyrrole nitrogens is 1. The zero-order chi connectivity index (χ0) is 11.4. The summed E-state index contributed by atoms with van der Waals surface area (Å²) in [7, 11) is 1.85. The number of pyridine rings is 1. The van der Waals surface area contributed by atoms with Gasteiger partial charge >= 0.3 is 0 Å². The summed E-state index contributed by atoms with van der Waals surface area (Å²) < 4.78 is 0. The maximum absolute atomic E-state index is 11.6. The molecule has 0 atom stereocenters. The third kappa shape index (κ3) is 2.13. The molecule has 0 spiro atoms. The Morgan fingerprint density at radius 2 is 2.25 bits per heavy atom. The Morgan fingerprint density at radius 1 is 1.38 bits per heavy atom. The summed E-state index contributed by atoms with van der Waals surface area (Å²) in [5.74, 6) is 5.96. The molecular weight excluding hydrogens is 200 g/mol. The topological polar surface area (TPSA) is 44.9 Å². The van der Waals surface area contributed by atoms with E-state index in [1.54, 1.807) is 6.20 Å². The highest BCUT2D eigenvalue weighted by molar-refractivity contribution is 5.79. The molecule has 0 unspecified atom stereocenters. The van der Waals surface area contributed by atoms with Crippen molar-refractivity contribution in [3.8, 4) is 11.8 Å². The number of nitrogens with one attached hydrogen (secondary N) is 2. The maximum Gasteiger partial charge on any atom is 0.189 e. The standard InChI is InChI=1S/C13H12N2O/c1-14-7-2-3-10-4-5-12-11(9-10)13(16)6-8-15-12/h4-6,8-9,14H,7H2,1H3,(H,15,16). The maximum atomic E-state index is 11.6. The van der Waals surface area contributed by atoms with Crippen molar-refractivity contribution in [2.75, 3.05) is 13.6 Å². The number of fused-ring (bicyclic) bond motifs is 1. The number of aromatic nitrogens is 1. The molecule has 0 amide bonds. The van der Waals surface area contributed by atoms with Crippen molar-refractivity contribution in [3.05, 3.63) is 46.2 Å². The summed E-state index contributed by atoms with van der Waals surface area (Å²) in [6.45, 7) is 0.642. The smallest absolute Gasteiger partial charge is 0.189 e. The van der Waals surface area contributed by atoms with E-state index in [4.69, 9.17) is 0 Å². The first-order chi connectivity index (χ1) is 7.81. The lowest BCUT2D eigenvalue weighted by Crippen LogP contribution is -2.04. The van der Waals surface area contributed by atoms with Crippen LogP contribution in [-0.4, -0.2) is 18.6 Å². The zero-order valence-electron chi connectivity index (χ0n) is 9.00. The molecule has 0 saturated heterocycles. The van der Waals surface area contributed by atoms with Gasteiger partial charge in [-0.25, -0.2) is 0 Å². The van der Waals surface area contributed by atoms with Gasteiger partial charge in [0.15, 0.2) is 5.43 Å². The molecule has 1 aromatic heterocycles. The fourth-order valence-electron chi connectivity index (χ4n) is 1.48. The van der Waals surface area contributed by atoms with Crippen LogP contribution in [-0.2, 0) is 0 Å². The van der Waals surface area contributed by atoms with E-state index in [9.17, 15) is 4.79 Å². The second-order valence-electron chi connectivity index (χ2n) is 3.43. The van der Waals surface area contributed by atoms with Gasteiger partial charge in [0.05, 0.1) is 6.54 Å². The predicted octanol–water partition coefficient (Wildman–Crippen LogP) is 1.10. The lowest BCUT2D eigenvalue weighted by Gasteiger charge is -1.97. The predicted molar refractivity (Wildman–Crippen MR) is 65.4 cm³/mol. The van der Waals surface area contributed by atoms with Crippen LogP contribution in [0, 0.1) is 11.8 Å². The van der Waals surface area contributed by atoms with E-state index in [1.165, 1.54) is 6.07 Å². The molecule has 1 aromatic carbocycles. The minimum absolute atomic E-state index is 0.0195. The van der Waals surface area contributed by atoms with Crippen molar-refractivity contribution in [3.63, 3.8) is 0 Å². The number of rotatable bonds is 1. The molecule has 0 aliphatic carbocycles. The van der Waals surface area contributed by atoms with Crippen LogP contribution in [0.25, 0.3) is 10.9 Å². The second kappa shape index (κ2) is 4.65. The van der Waals surface area contributed by atoms with Crippen LogP contribution >= 0.6 is 0 Å². The summed E-state index contributed by atoms with van der Waals surface area (Å²) in [6.07, 6.45) is 1.65. The Morgan fingerprint density at radius 3 is 3.06 bits per heavy atom. The highest BCUT2D eigenvalue weighted by Crippen LogP contribution is 2.08. The fraction of sp³-hybridized carbons (Fsp3) is 0.154. The number of benzene rings is 1. The summed E-state index contributed by atoms with van der Waals surface area (Å²) in [5, 5.41) is 3.62. The summed E-state index contributed by atoms with van der Waals surface area (Å²) in [6, 6.07) is 7.12. The molecular formula is C13H12N2O. The van der Waals surface area contributed by atoms with Gasteiger partial charge in [-0.1, -0.05) is 11.8 Å². The van der Waals surface area contributed by atoms with Crippen LogP contribution in [0.3, 0.4) is 0 Å². The molecule has 0 radical (unpaired) electrons. The molecule has 80 valence electrons. The lowest BCUT2D eigenvalue weighted by molar-refractivity contribution is 0.938. The van der Waals surface area contributed by atoms with Gasteiger partial charge in [-0.3, -0.25) is 4.79 Å². The van der Waals surface area contributed by atoms with Gasteiger partial charge in [-0.15, -0.1) is 0 Å². The average Bonchev–Trinajstić information content (AvgIpc) is 2.30. The van der Waals surface area contributed by atoms with Gasteiger partial charge in [-0.2, -0.15) is 0 Å². The highest BCUT2D eigenvalue weighted by atomic mass is 16.1. The Hall–Kier alpha value is -2.05. The molecule has 3 heteroatoms. The Kier molecular flexibility index (Phi) is 3.04. The van der Waals surface area contributed by atoms with Crippen LogP contribution in [0.1, 0.15) is 5.56 Å². The number of hydrogen-bond acceptors (Lipinski definition) is 2. The molecule has 0 saturated carbocycles. The fourth-order valence-corrected chi connectivity index (χ4v) is 1.48. The average molecular weight is 212 g/mol. The van der Waals surface area contributed by atoms with Crippen molar-refractivity contribution in [2.45, 2.75) is 0 Å². The first-order valence-electron chi connectivity index (χ1n) is 5.06. The number of hydrogen-bond donors (Lipinski definition) is 2. The molecule has 0 fully saturated rings. The van der Waals surface area contributed by atoms with Gasteiger partial charge in [0.25, 0.3) is 0 Å². The Balaban J connectivity index is 2.49. The van der Waals surface area contributed by atoms with Crippen LogP contribution in [0.2, 0.25) is 0 Å². The van der Waals surface area contributed by atoms with Crippen molar-refractivity contribution in [2.24, 2.45) is 0 Å². The van der Waals surface area contributed by atoms with Crippen LogP contribution in [0.15, 0.2) is 35.3 Å². The molecule has 0 bridgehead atoms. The third-order valence-electron chi connectivity index (χ3n) is 2.26. The van der Waals surface area contributed by atoms with Crippen LogP contribution in [0.5, 0.6) is 0 Å². The molecule has 1 heterocycles. The largest absolute Gasteiger partial charge is 0.361 e. The Labute approximate surface area is 93.5 Å². The molecule has 2 rings (SSSR count). The van der Waals surface area contributed by atoms with E-state index in [0.29, 0.717) is 11.9 Å². The monoisotopic (exact) mass is 212 g/mol. The SMILES string of the molecule is CNCC#Cc1ccc2[nH]ccc(=O)c2c1. The third-order valence-corrected chi connectivity index (χ3v) is 2.26. The van der Waals surface area contributed by atoms with E-state index in [2.05, 4.69) is 22.1 Å². The van der Waals surface area contributed by atoms with E-state index in [1.807, 2.05) is 25.2 Å². The Bertz CT molecular complexity index is 617. The summed E-state index contributed by atoms with van der Waals surface area (Å²) in [5.41, 5.74) is 1.72. The molecule has 2 aromatic rings. The van der Waals surface area contributed by atoms with E-state index < -0.39 is 0 Å². The first kappa shape index (κ1) is 10.5. The van der Waals surface area contributed by atoms with E-state index in [-0.39, 0.29) is 5.43 Å². The molecule has 0 aliphatic heterocycles. The highest BCUT2D eigenvalue weighted by Gasteiger charge is 1.97. The van der Waals surface area contributed by atoms with Gasteiger partial charge in [0, 0.05) is 28.7 Å². The minimum atomic E-state index is 0.0195. The van der Waals surface area contributed by atoms with Gasteiger partial charge in [0.1, 0.15) is 0 Å².